The van der Waals surface area contributed by atoms with Gasteiger partial charge in [-0.3, -0.25) is 9.59 Å². The number of amides is 3. The second kappa shape index (κ2) is 16.1. The van der Waals surface area contributed by atoms with Gasteiger partial charge in [-0.2, -0.15) is 0 Å². The molecule has 1 rings (SSSR count). The lowest BCUT2D eigenvalue weighted by molar-refractivity contribution is -0.143. The summed E-state index contributed by atoms with van der Waals surface area (Å²) in [5.74, 6) is 1.79. The van der Waals surface area contributed by atoms with Crippen molar-refractivity contribution >= 4 is 17.9 Å². The number of unbranched alkanes of at least 4 members (excludes halogenated alkanes) is 5. The molecule has 0 heterocycles. The summed E-state index contributed by atoms with van der Waals surface area (Å²) in [7, 11) is 0. The Bertz CT molecular complexity index is 943. The molecule has 0 fully saturated rings. The van der Waals surface area contributed by atoms with Crippen LogP contribution in [0.4, 0.5) is 4.79 Å². The van der Waals surface area contributed by atoms with E-state index in [1.54, 1.807) is 37.8 Å². The van der Waals surface area contributed by atoms with Crippen LogP contribution in [-0.4, -0.2) is 47.0 Å². The lowest BCUT2D eigenvalue weighted by Crippen LogP contribution is -2.55. The van der Waals surface area contributed by atoms with Gasteiger partial charge in [0.25, 0.3) is 0 Å². The molecule has 3 amide bonds. The zero-order valence-electron chi connectivity index (χ0n) is 24.7. The summed E-state index contributed by atoms with van der Waals surface area (Å²) < 4.78 is 5.44. The van der Waals surface area contributed by atoms with Gasteiger partial charge in [-0.15, -0.1) is 6.42 Å². The van der Waals surface area contributed by atoms with Crippen molar-refractivity contribution in [2.45, 2.75) is 118 Å². The summed E-state index contributed by atoms with van der Waals surface area (Å²) in [5.41, 5.74) is 0.434. The predicted octanol–water partition coefficient (Wildman–Crippen LogP) is 5.97. The van der Waals surface area contributed by atoms with Crippen molar-refractivity contribution < 1.29 is 19.1 Å². The van der Waals surface area contributed by atoms with E-state index in [1.165, 1.54) is 6.42 Å². The highest BCUT2D eigenvalue weighted by molar-refractivity contribution is 5.92. The fraction of sp³-hybridized carbons (Fsp3) is 0.645. The Kier molecular flexibility index (Phi) is 14.0. The molecule has 0 bridgehead atoms. The smallest absolute Gasteiger partial charge is 0.408 e. The molecule has 0 saturated heterocycles. The molecule has 0 radical (unpaired) electrons. The number of terminal acetylenes is 1. The molecule has 0 aliphatic carbocycles. The summed E-state index contributed by atoms with van der Waals surface area (Å²) in [5, 5.41) is 5.73. The van der Waals surface area contributed by atoms with Crippen LogP contribution in [0.15, 0.2) is 24.3 Å². The Morgan fingerprint density at radius 3 is 2.13 bits per heavy atom. The number of rotatable bonds is 14. The van der Waals surface area contributed by atoms with Gasteiger partial charge in [-0.1, -0.05) is 77.0 Å². The number of nitrogens with one attached hydrogen (secondary N) is 2. The van der Waals surface area contributed by atoms with Crippen LogP contribution in [-0.2, 0) is 14.3 Å². The first-order valence-electron chi connectivity index (χ1n) is 14.0. The van der Waals surface area contributed by atoms with E-state index in [2.05, 4.69) is 23.5 Å². The number of benzene rings is 1. The second-order valence-electron chi connectivity index (χ2n) is 11.5. The fourth-order valence-electron chi connectivity index (χ4n) is 4.24. The quantitative estimate of drug-likeness (QED) is 0.230. The Labute approximate surface area is 230 Å². The molecule has 2 atom stereocenters. The number of hydrogen-bond donors (Lipinski definition) is 2. The zero-order chi connectivity index (χ0) is 28.9. The highest BCUT2D eigenvalue weighted by Gasteiger charge is 2.38. The number of hydrogen-bond acceptors (Lipinski definition) is 4. The average Bonchev–Trinajstić information content (AvgIpc) is 2.81. The molecule has 0 aliphatic heterocycles. The van der Waals surface area contributed by atoms with Gasteiger partial charge < -0.3 is 20.3 Å². The van der Waals surface area contributed by atoms with Crippen LogP contribution in [0.5, 0.6) is 0 Å². The van der Waals surface area contributed by atoms with E-state index in [0.29, 0.717) is 17.7 Å². The van der Waals surface area contributed by atoms with Crippen molar-refractivity contribution in [2.75, 3.05) is 6.54 Å². The SMILES string of the molecule is C#Cc1ccccc1C(C(=O)NC(C)C)N(CCCCCCCC)C(=O)C(NC(=O)OC(C)(C)C)C(C)C. The third-order valence-corrected chi connectivity index (χ3v) is 6.04. The molecule has 2 unspecified atom stereocenters. The third kappa shape index (κ3) is 11.2. The molecule has 0 saturated carbocycles. The summed E-state index contributed by atoms with van der Waals surface area (Å²) in [6.07, 6.45) is 11.3. The first kappa shape index (κ1) is 33.0. The molecule has 0 aliphatic rings. The lowest BCUT2D eigenvalue weighted by Gasteiger charge is -2.36. The molecule has 212 valence electrons. The van der Waals surface area contributed by atoms with Gasteiger partial charge in [0.2, 0.25) is 11.8 Å². The predicted molar refractivity (Wildman–Crippen MR) is 153 cm³/mol. The van der Waals surface area contributed by atoms with Crippen LogP contribution in [0.25, 0.3) is 0 Å². The van der Waals surface area contributed by atoms with E-state index in [-0.39, 0.29) is 23.8 Å². The lowest BCUT2D eigenvalue weighted by atomic mass is 9.95. The maximum absolute atomic E-state index is 14.2. The van der Waals surface area contributed by atoms with Crippen LogP contribution >= 0.6 is 0 Å². The van der Waals surface area contributed by atoms with Crippen LogP contribution < -0.4 is 10.6 Å². The van der Waals surface area contributed by atoms with E-state index >= 15 is 0 Å². The molecule has 38 heavy (non-hydrogen) atoms. The Morgan fingerprint density at radius 2 is 1.58 bits per heavy atom. The van der Waals surface area contributed by atoms with Gasteiger partial charge in [0.1, 0.15) is 17.7 Å². The topological polar surface area (TPSA) is 87.7 Å². The van der Waals surface area contributed by atoms with E-state index in [1.807, 2.05) is 39.8 Å². The standard InChI is InChI=1S/C31H49N3O4/c1-10-12-13-14-15-18-21-34(29(36)26(22(3)4)33-30(37)38-31(7,8)9)27(28(35)32-23(5)6)25-20-17-16-19-24(25)11-2/h2,16-17,19-20,22-23,26-27H,10,12-15,18,21H2,1,3-9H3,(H,32,35)(H,33,37). The van der Waals surface area contributed by atoms with Gasteiger partial charge in [-0.25, -0.2) is 4.79 Å². The van der Waals surface area contributed by atoms with E-state index in [4.69, 9.17) is 11.2 Å². The maximum Gasteiger partial charge on any atom is 0.408 e. The summed E-state index contributed by atoms with van der Waals surface area (Å²) in [4.78, 5) is 42.1. The fourth-order valence-corrected chi connectivity index (χ4v) is 4.24. The number of carbonyl (C=O) groups excluding carboxylic acids is 3. The second-order valence-corrected chi connectivity index (χ2v) is 11.5. The zero-order valence-corrected chi connectivity index (χ0v) is 24.7. The minimum absolute atomic E-state index is 0.130. The number of alkyl carbamates (subject to hydrolysis) is 1. The van der Waals surface area contributed by atoms with Crippen molar-refractivity contribution in [2.24, 2.45) is 5.92 Å². The number of carbonyl (C=O) groups is 3. The van der Waals surface area contributed by atoms with Crippen molar-refractivity contribution in [1.29, 1.82) is 0 Å². The van der Waals surface area contributed by atoms with Crippen molar-refractivity contribution in [3.63, 3.8) is 0 Å². The van der Waals surface area contributed by atoms with Gasteiger partial charge in [0.05, 0.1) is 0 Å². The van der Waals surface area contributed by atoms with Crippen molar-refractivity contribution in [3.05, 3.63) is 35.4 Å². The monoisotopic (exact) mass is 527 g/mol. The Balaban J connectivity index is 3.48. The molecule has 7 heteroatoms. The molecule has 0 spiro atoms. The summed E-state index contributed by atoms with van der Waals surface area (Å²) in [6.45, 7) is 15.3. The Morgan fingerprint density at radius 1 is 0.974 bits per heavy atom. The van der Waals surface area contributed by atoms with Crippen molar-refractivity contribution in [1.82, 2.24) is 15.5 Å². The van der Waals surface area contributed by atoms with Crippen LogP contribution in [0.3, 0.4) is 0 Å². The minimum atomic E-state index is -0.936. The molecule has 0 aromatic heterocycles. The summed E-state index contributed by atoms with van der Waals surface area (Å²) in [6, 6.07) is 5.26. The van der Waals surface area contributed by atoms with Crippen LogP contribution in [0.2, 0.25) is 0 Å². The first-order chi connectivity index (χ1) is 17.8. The molecule has 2 N–H and O–H groups in total. The normalized spacial score (nSPS) is 13.0. The number of ether oxygens (including phenoxy) is 1. The van der Waals surface area contributed by atoms with E-state index in [0.717, 1.165) is 32.1 Å². The Hall–Kier alpha value is -3.01. The van der Waals surface area contributed by atoms with E-state index in [9.17, 15) is 14.4 Å². The maximum atomic E-state index is 14.2. The van der Waals surface area contributed by atoms with Crippen LogP contribution in [0, 0.1) is 18.3 Å². The van der Waals surface area contributed by atoms with Gasteiger partial charge in [-0.05, 0) is 58.6 Å². The van der Waals surface area contributed by atoms with Gasteiger partial charge >= 0.3 is 6.09 Å². The first-order valence-corrected chi connectivity index (χ1v) is 14.0. The molecular weight excluding hydrogens is 478 g/mol. The van der Waals surface area contributed by atoms with Crippen molar-refractivity contribution in [3.8, 4) is 12.3 Å². The average molecular weight is 528 g/mol. The van der Waals surface area contributed by atoms with E-state index < -0.39 is 23.8 Å². The van der Waals surface area contributed by atoms with Gasteiger partial charge in [0, 0.05) is 18.2 Å². The third-order valence-electron chi connectivity index (χ3n) is 6.04. The molecule has 1 aromatic rings. The minimum Gasteiger partial charge on any atom is -0.444 e. The highest BCUT2D eigenvalue weighted by Crippen LogP contribution is 2.27. The summed E-state index contributed by atoms with van der Waals surface area (Å²) >= 11 is 0. The molecule has 1 aromatic carbocycles. The molecular formula is C31H49N3O4. The van der Waals surface area contributed by atoms with Crippen LogP contribution in [0.1, 0.15) is 111 Å². The molecule has 7 nitrogen and oxygen atoms in total. The van der Waals surface area contributed by atoms with Gasteiger partial charge in [0.15, 0.2) is 0 Å². The largest absolute Gasteiger partial charge is 0.444 e. The number of nitrogens with zero attached hydrogens (tertiary/aromatic N) is 1. The highest BCUT2D eigenvalue weighted by atomic mass is 16.6.